The van der Waals surface area contributed by atoms with Crippen LogP contribution in [0.1, 0.15) is 44.3 Å². The number of carbonyl (C=O) groups is 2. The minimum Gasteiger partial charge on any atom is -0.478 e. The van der Waals surface area contributed by atoms with E-state index in [9.17, 15) is 9.59 Å². The van der Waals surface area contributed by atoms with Crippen LogP contribution in [0.3, 0.4) is 0 Å². The molecule has 2 aromatic rings. The van der Waals surface area contributed by atoms with Gasteiger partial charge >= 0.3 is 12.0 Å². The second-order valence-corrected chi connectivity index (χ2v) is 6.89. The van der Waals surface area contributed by atoms with E-state index in [2.05, 4.69) is 15.6 Å². The van der Waals surface area contributed by atoms with E-state index < -0.39 is 5.97 Å². The van der Waals surface area contributed by atoms with Crippen molar-refractivity contribution in [3.05, 3.63) is 51.0 Å². The lowest BCUT2D eigenvalue weighted by atomic mass is 10.0. The summed E-state index contributed by atoms with van der Waals surface area (Å²) in [7, 11) is 0. The van der Waals surface area contributed by atoms with Gasteiger partial charge in [-0.1, -0.05) is 12.1 Å². The zero-order valence-corrected chi connectivity index (χ0v) is 14.0. The van der Waals surface area contributed by atoms with E-state index in [0.717, 1.165) is 23.4 Å². The van der Waals surface area contributed by atoms with Gasteiger partial charge in [0.1, 0.15) is 5.01 Å². The molecule has 0 saturated carbocycles. The van der Waals surface area contributed by atoms with Gasteiger partial charge in [0.05, 0.1) is 17.8 Å². The Morgan fingerprint density at radius 2 is 1.96 bits per heavy atom. The Labute approximate surface area is 143 Å². The number of aromatic carboxylic acids is 1. The molecule has 3 N–H and O–H groups in total. The summed E-state index contributed by atoms with van der Waals surface area (Å²) in [6, 6.07) is 6.23. The summed E-state index contributed by atoms with van der Waals surface area (Å²) in [5.41, 5.74) is 2.15. The molecule has 126 valence electrons. The van der Waals surface area contributed by atoms with Gasteiger partial charge in [-0.15, -0.1) is 11.3 Å². The van der Waals surface area contributed by atoms with Crippen molar-refractivity contribution in [1.82, 2.24) is 15.6 Å². The number of hydrogen-bond acceptors (Lipinski definition) is 4. The lowest BCUT2D eigenvalue weighted by molar-refractivity contribution is 0.0696. The zero-order valence-electron chi connectivity index (χ0n) is 13.2. The number of nitrogens with one attached hydrogen (secondary N) is 2. The molecule has 0 unspecified atom stereocenters. The number of thiazole rings is 1. The van der Waals surface area contributed by atoms with Crippen molar-refractivity contribution in [2.45, 2.75) is 38.8 Å². The number of rotatable bonds is 5. The number of carbonyl (C=O) groups excluding carboxylic acids is 1. The van der Waals surface area contributed by atoms with Crippen molar-refractivity contribution < 1.29 is 14.7 Å². The predicted molar refractivity (Wildman–Crippen MR) is 91.2 cm³/mol. The third kappa shape index (κ3) is 4.11. The molecule has 0 radical (unpaired) electrons. The first-order chi connectivity index (χ1) is 11.6. The number of aromatic nitrogens is 1. The van der Waals surface area contributed by atoms with Gasteiger partial charge in [-0.2, -0.15) is 0 Å². The van der Waals surface area contributed by atoms with Crippen LogP contribution >= 0.6 is 11.3 Å². The van der Waals surface area contributed by atoms with E-state index in [-0.39, 0.29) is 18.1 Å². The van der Waals surface area contributed by atoms with Crippen LogP contribution in [0.4, 0.5) is 4.79 Å². The number of nitrogens with zero attached hydrogens (tertiary/aromatic N) is 1. The summed E-state index contributed by atoms with van der Waals surface area (Å²) < 4.78 is 0. The highest BCUT2D eigenvalue weighted by molar-refractivity contribution is 7.11. The van der Waals surface area contributed by atoms with E-state index in [1.54, 1.807) is 29.5 Å². The molecule has 0 saturated heterocycles. The number of benzene rings is 1. The molecular weight excluding hydrogens is 326 g/mol. The smallest absolute Gasteiger partial charge is 0.335 e. The van der Waals surface area contributed by atoms with Crippen molar-refractivity contribution in [3.63, 3.8) is 0 Å². The molecule has 0 aliphatic heterocycles. The quantitative estimate of drug-likeness (QED) is 0.777. The second-order valence-electron chi connectivity index (χ2n) is 5.73. The van der Waals surface area contributed by atoms with E-state index in [1.807, 2.05) is 0 Å². The Kier molecular flexibility index (Phi) is 5.10. The highest BCUT2D eigenvalue weighted by Gasteiger charge is 2.15. The van der Waals surface area contributed by atoms with Gasteiger partial charge in [0.25, 0.3) is 0 Å². The fourth-order valence-corrected chi connectivity index (χ4v) is 3.79. The lowest BCUT2D eigenvalue weighted by Crippen LogP contribution is -2.34. The van der Waals surface area contributed by atoms with Crippen molar-refractivity contribution in [1.29, 1.82) is 0 Å². The van der Waals surface area contributed by atoms with E-state index >= 15 is 0 Å². The van der Waals surface area contributed by atoms with Gasteiger partial charge in [0.2, 0.25) is 0 Å². The van der Waals surface area contributed by atoms with E-state index in [1.165, 1.54) is 29.5 Å². The van der Waals surface area contributed by atoms with Gasteiger partial charge in [0.15, 0.2) is 0 Å². The van der Waals surface area contributed by atoms with Crippen molar-refractivity contribution in [3.8, 4) is 0 Å². The number of urea groups is 1. The first kappa shape index (κ1) is 16.4. The normalized spacial score (nSPS) is 13.2. The van der Waals surface area contributed by atoms with Gasteiger partial charge in [-0.05, 0) is 43.4 Å². The minimum absolute atomic E-state index is 0.211. The lowest BCUT2D eigenvalue weighted by Gasteiger charge is -2.07. The molecule has 0 atom stereocenters. The van der Waals surface area contributed by atoms with E-state index in [4.69, 9.17) is 5.11 Å². The number of fused-ring (bicyclic) bond motifs is 1. The third-order valence-electron chi connectivity index (χ3n) is 3.92. The summed E-state index contributed by atoms with van der Waals surface area (Å²) in [6.07, 6.45) is 4.55. The Morgan fingerprint density at radius 3 is 2.75 bits per heavy atom. The SMILES string of the molecule is O=C(NCc1cccc(C(=O)O)c1)NCc1nc2c(s1)CCCC2. The van der Waals surface area contributed by atoms with Crippen LogP contribution in [0, 0.1) is 0 Å². The van der Waals surface area contributed by atoms with Gasteiger partial charge in [-0.25, -0.2) is 14.6 Å². The molecule has 24 heavy (non-hydrogen) atoms. The maximum Gasteiger partial charge on any atom is 0.335 e. The molecule has 3 rings (SSSR count). The third-order valence-corrected chi connectivity index (χ3v) is 5.07. The highest BCUT2D eigenvalue weighted by atomic mass is 32.1. The number of aryl methyl sites for hydroxylation is 2. The number of amides is 2. The zero-order chi connectivity index (χ0) is 16.9. The molecule has 1 aromatic carbocycles. The monoisotopic (exact) mass is 345 g/mol. The molecule has 0 fully saturated rings. The molecule has 2 amide bonds. The largest absolute Gasteiger partial charge is 0.478 e. The van der Waals surface area contributed by atoms with Crippen LogP contribution in [0.5, 0.6) is 0 Å². The molecule has 0 bridgehead atoms. The topological polar surface area (TPSA) is 91.3 Å². The Balaban J connectivity index is 1.48. The molecule has 6 nitrogen and oxygen atoms in total. The summed E-state index contributed by atoms with van der Waals surface area (Å²) in [5, 5.41) is 15.4. The van der Waals surface area contributed by atoms with Gasteiger partial charge < -0.3 is 15.7 Å². The van der Waals surface area contributed by atoms with Crippen LogP contribution in [-0.2, 0) is 25.9 Å². The molecule has 7 heteroatoms. The fraction of sp³-hybridized carbons (Fsp3) is 0.353. The Morgan fingerprint density at radius 1 is 1.17 bits per heavy atom. The Bertz CT molecular complexity index is 734. The summed E-state index contributed by atoms with van der Waals surface area (Å²) in [4.78, 5) is 28.8. The molecule has 1 heterocycles. The standard InChI is InChI=1S/C17H19N3O3S/c21-16(22)12-5-3-4-11(8-12)9-18-17(23)19-10-15-20-13-6-1-2-7-14(13)24-15/h3-5,8H,1-2,6-7,9-10H2,(H,21,22)(H2,18,19,23). The van der Waals surface area contributed by atoms with Gasteiger partial charge in [0, 0.05) is 11.4 Å². The van der Waals surface area contributed by atoms with Crippen LogP contribution in [-0.4, -0.2) is 22.1 Å². The van der Waals surface area contributed by atoms with Crippen LogP contribution in [0.15, 0.2) is 24.3 Å². The number of carboxylic acid groups (broad SMARTS) is 1. The van der Waals surface area contributed by atoms with Gasteiger partial charge in [-0.3, -0.25) is 0 Å². The maximum absolute atomic E-state index is 11.9. The molecule has 1 aliphatic rings. The molecule has 1 aromatic heterocycles. The number of hydrogen-bond donors (Lipinski definition) is 3. The Hall–Kier alpha value is -2.41. The van der Waals surface area contributed by atoms with Crippen molar-refractivity contribution in [2.75, 3.05) is 0 Å². The maximum atomic E-state index is 11.9. The van der Waals surface area contributed by atoms with Crippen LogP contribution in [0.25, 0.3) is 0 Å². The molecule has 1 aliphatic carbocycles. The minimum atomic E-state index is -0.978. The van der Waals surface area contributed by atoms with Crippen LogP contribution in [0.2, 0.25) is 0 Å². The fourth-order valence-electron chi connectivity index (χ4n) is 2.70. The predicted octanol–water partition coefficient (Wildman–Crippen LogP) is 2.72. The number of carboxylic acids is 1. The second kappa shape index (κ2) is 7.44. The first-order valence-corrected chi connectivity index (χ1v) is 8.75. The van der Waals surface area contributed by atoms with Crippen molar-refractivity contribution in [2.24, 2.45) is 0 Å². The molecular formula is C17H19N3O3S. The summed E-state index contributed by atoms with van der Waals surface area (Å²) in [6.45, 7) is 0.694. The van der Waals surface area contributed by atoms with Crippen molar-refractivity contribution >= 4 is 23.3 Å². The highest BCUT2D eigenvalue weighted by Crippen LogP contribution is 2.26. The average Bonchev–Trinajstić information content (AvgIpc) is 3.01. The average molecular weight is 345 g/mol. The molecule has 0 spiro atoms. The van der Waals surface area contributed by atoms with Crippen LogP contribution < -0.4 is 10.6 Å². The first-order valence-electron chi connectivity index (χ1n) is 7.93. The van der Waals surface area contributed by atoms with E-state index in [0.29, 0.717) is 6.54 Å². The summed E-state index contributed by atoms with van der Waals surface area (Å²) >= 11 is 1.68. The summed E-state index contributed by atoms with van der Waals surface area (Å²) in [5.74, 6) is -0.978.